The van der Waals surface area contributed by atoms with Crippen LogP contribution >= 0.6 is 0 Å². The third kappa shape index (κ3) is 7.27. The number of pyridine rings is 1. The lowest BCUT2D eigenvalue weighted by molar-refractivity contribution is 0.0690. The Morgan fingerprint density at radius 3 is 2.20 bits per heavy atom. The van der Waals surface area contributed by atoms with E-state index in [-0.39, 0.29) is 5.69 Å². The zero-order valence-corrected chi connectivity index (χ0v) is 12.6. The van der Waals surface area contributed by atoms with E-state index >= 15 is 0 Å². The summed E-state index contributed by atoms with van der Waals surface area (Å²) in [6, 6.07) is 5.23. The molecule has 1 aromatic rings. The van der Waals surface area contributed by atoms with Crippen molar-refractivity contribution in [2.75, 3.05) is 0 Å². The lowest BCUT2D eigenvalue weighted by Gasteiger charge is -2.03. The van der Waals surface area contributed by atoms with Gasteiger partial charge in [-0.25, -0.2) is 9.78 Å². The van der Waals surface area contributed by atoms with E-state index in [0.717, 1.165) is 18.5 Å². The normalized spacial score (nSPS) is 10.7. The second-order valence-electron chi connectivity index (χ2n) is 5.40. The van der Waals surface area contributed by atoms with Crippen LogP contribution in [-0.4, -0.2) is 16.1 Å². The number of nitrogens with zero attached hydrogens (tertiary/aromatic N) is 1. The van der Waals surface area contributed by atoms with Gasteiger partial charge in [-0.15, -0.1) is 0 Å². The van der Waals surface area contributed by atoms with Crippen LogP contribution in [0.5, 0.6) is 0 Å². The summed E-state index contributed by atoms with van der Waals surface area (Å²) in [6.07, 6.45) is 12.6. The Morgan fingerprint density at radius 1 is 1.00 bits per heavy atom. The maximum Gasteiger partial charge on any atom is 0.354 e. The molecule has 0 amide bonds. The Kier molecular flexibility index (Phi) is 8.68. The average Bonchev–Trinajstić information content (AvgIpc) is 2.46. The highest BCUT2D eigenvalue weighted by atomic mass is 16.4. The first-order chi connectivity index (χ1) is 9.74. The van der Waals surface area contributed by atoms with Crippen molar-refractivity contribution in [3.05, 3.63) is 29.6 Å². The van der Waals surface area contributed by atoms with Gasteiger partial charge in [-0.2, -0.15) is 0 Å². The fourth-order valence-electron chi connectivity index (χ4n) is 2.35. The Labute approximate surface area is 122 Å². The quantitative estimate of drug-likeness (QED) is 0.588. The summed E-state index contributed by atoms with van der Waals surface area (Å²) in [7, 11) is 0. The minimum absolute atomic E-state index is 0.151. The molecular formula is C17H27NO2. The van der Waals surface area contributed by atoms with Crippen molar-refractivity contribution in [2.24, 2.45) is 0 Å². The SMILES string of the molecule is CCCCCCCCCCCc1cccc(C(=O)O)n1. The molecule has 0 aliphatic heterocycles. The van der Waals surface area contributed by atoms with Crippen LogP contribution in [0.4, 0.5) is 0 Å². The van der Waals surface area contributed by atoms with Crippen LogP contribution in [0.1, 0.15) is 80.9 Å². The molecule has 3 heteroatoms. The summed E-state index contributed by atoms with van der Waals surface area (Å²) >= 11 is 0. The molecule has 1 rings (SSSR count). The van der Waals surface area contributed by atoms with Gasteiger partial charge >= 0.3 is 5.97 Å². The highest BCUT2D eigenvalue weighted by molar-refractivity contribution is 5.85. The first-order valence-corrected chi connectivity index (χ1v) is 7.93. The number of rotatable bonds is 11. The molecule has 0 atom stereocenters. The third-order valence-electron chi connectivity index (χ3n) is 3.56. The maximum atomic E-state index is 10.8. The van der Waals surface area contributed by atoms with Crippen LogP contribution in [0.25, 0.3) is 0 Å². The van der Waals surface area contributed by atoms with Crippen molar-refractivity contribution in [1.29, 1.82) is 0 Å². The predicted octanol–water partition coefficient (Wildman–Crippen LogP) is 4.85. The number of aryl methyl sites for hydroxylation is 1. The number of carboxylic acids is 1. The van der Waals surface area contributed by atoms with Gasteiger partial charge in [0.2, 0.25) is 0 Å². The van der Waals surface area contributed by atoms with Crippen LogP contribution in [0.2, 0.25) is 0 Å². The molecule has 0 radical (unpaired) electrons. The number of hydrogen-bond acceptors (Lipinski definition) is 2. The minimum atomic E-state index is -0.945. The summed E-state index contributed by atoms with van der Waals surface area (Å²) in [5, 5.41) is 8.88. The van der Waals surface area contributed by atoms with Crippen molar-refractivity contribution >= 4 is 5.97 Å². The fourth-order valence-corrected chi connectivity index (χ4v) is 2.35. The molecule has 112 valence electrons. The van der Waals surface area contributed by atoms with E-state index < -0.39 is 5.97 Å². The summed E-state index contributed by atoms with van der Waals surface area (Å²) < 4.78 is 0. The van der Waals surface area contributed by atoms with E-state index in [1.165, 1.54) is 51.4 Å². The smallest absolute Gasteiger partial charge is 0.354 e. The molecule has 0 fully saturated rings. The Morgan fingerprint density at radius 2 is 1.60 bits per heavy atom. The van der Waals surface area contributed by atoms with E-state index in [1.807, 2.05) is 6.07 Å². The van der Waals surface area contributed by atoms with Gasteiger partial charge in [0.05, 0.1) is 0 Å². The molecule has 1 N–H and O–H groups in total. The molecule has 0 bridgehead atoms. The van der Waals surface area contributed by atoms with Crippen LogP contribution < -0.4 is 0 Å². The number of carbonyl (C=O) groups is 1. The monoisotopic (exact) mass is 277 g/mol. The number of hydrogen-bond donors (Lipinski definition) is 1. The summed E-state index contributed by atoms with van der Waals surface area (Å²) in [5.41, 5.74) is 1.05. The van der Waals surface area contributed by atoms with Gasteiger partial charge in [0.25, 0.3) is 0 Å². The summed E-state index contributed by atoms with van der Waals surface area (Å²) in [5.74, 6) is -0.945. The average molecular weight is 277 g/mol. The van der Waals surface area contributed by atoms with Crippen molar-refractivity contribution in [3.63, 3.8) is 0 Å². The van der Waals surface area contributed by atoms with Crippen LogP contribution in [0.3, 0.4) is 0 Å². The van der Waals surface area contributed by atoms with E-state index in [9.17, 15) is 4.79 Å². The van der Waals surface area contributed by atoms with Crippen LogP contribution in [0, 0.1) is 0 Å². The van der Waals surface area contributed by atoms with Gasteiger partial charge in [0.15, 0.2) is 0 Å². The second kappa shape index (κ2) is 10.4. The molecular weight excluding hydrogens is 250 g/mol. The van der Waals surface area contributed by atoms with Crippen molar-refractivity contribution in [2.45, 2.75) is 71.1 Å². The van der Waals surface area contributed by atoms with Crippen molar-refractivity contribution < 1.29 is 9.90 Å². The minimum Gasteiger partial charge on any atom is -0.477 e. The molecule has 0 aliphatic carbocycles. The zero-order valence-electron chi connectivity index (χ0n) is 12.6. The largest absolute Gasteiger partial charge is 0.477 e. The Bertz CT molecular complexity index is 390. The van der Waals surface area contributed by atoms with Gasteiger partial charge in [-0.3, -0.25) is 0 Å². The Hall–Kier alpha value is -1.38. The summed E-state index contributed by atoms with van der Waals surface area (Å²) in [4.78, 5) is 15.0. The molecule has 0 aromatic carbocycles. The lowest BCUT2D eigenvalue weighted by Crippen LogP contribution is -2.02. The molecule has 0 aliphatic rings. The fraction of sp³-hybridized carbons (Fsp3) is 0.647. The topological polar surface area (TPSA) is 50.2 Å². The third-order valence-corrected chi connectivity index (χ3v) is 3.56. The molecule has 3 nitrogen and oxygen atoms in total. The maximum absolute atomic E-state index is 10.8. The molecule has 0 unspecified atom stereocenters. The molecule has 0 saturated heterocycles. The van der Waals surface area contributed by atoms with Crippen molar-refractivity contribution in [3.8, 4) is 0 Å². The second-order valence-corrected chi connectivity index (χ2v) is 5.40. The molecule has 0 saturated carbocycles. The first kappa shape index (κ1) is 16.7. The van der Waals surface area contributed by atoms with Crippen molar-refractivity contribution in [1.82, 2.24) is 4.98 Å². The molecule has 1 heterocycles. The Balaban J connectivity index is 2.06. The van der Waals surface area contributed by atoms with Gasteiger partial charge in [-0.05, 0) is 25.0 Å². The number of unbranched alkanes of at least 4 members (excludes halogenated alkanes) is 8. The van der Waals surface area contributed by atoms with Gasteiger partial charge in [0.1, 0.15) is 5.69 Å². The number of aromatic carboxylic acids is 1. The standard InChI is InChI=1S/C17H27NO2/c1-2-3-4-5-6-7-8-9-10-12-15-13-11-14-16(18-15)17(19)20/h11,13-14H,2-10,12H2,1H3,(H,19,20). The molecule has 1 aromatic heterocycles. The summed E-state index contributed by atoms with van der Waals surface area (Å²) in [6.45, 7) is 2.24. The van der Waals surface area contributed by atoms with Crippen LogP contribution in [-0.2, 0) is 6.42 Å². The number of aromatic nitrogens is 1. The molecule has 20 heavy (non-hydrogen) atoms. The van der Waals surface area contributed by atoms with E-state index in [4.69, 9.17) is 5.11 Å². The zero-order chi connectivity index (χ0) is 14.6. The highest BCUT2D eigenvalue weighted by Gasteiger charge is 2.04. The molecule has 0 spiro atoms. The van der Waals surface area contributed by atoms with Gasteiger partial charge < -0.3 is 5.11 Å². The van der Waals surface area contributed by atoms with E-state index in [0.29, 0.717) is 0 Å². The number of carboxylic acid groups (broad SMARTS) is 1. The first-order valence-electron chi connectivity index (χ1n) is 7.93. The van der Waals surface area contributed by atoms with E-state index in [1.54, 1.807) is 12.1 Å². The lowest BCUT2D eigenvalue weighted by atomic mass is 10.1. The van der Waals surface area contributed by atoms with Crippen LogP contribution in [0.15, 0.2) is 18.2 Å². The van der Waals surface area contributed by atoms with Gasteiger partial charge in [0, 0.05) is 5.69 Å². The predicted molar refractivity (Wildman–Crippen MR) is 82.1 cm³/mol. The van der Waals surface area contributed by atoms with E-state index in [2.05, 4.69) is 11.9 Å². The van der Waals surface area contributed by atoms with Gasteiger partial charge in [-0.1, -0.05) is 64.4 Å². The highest BCUT2D eigenvalue weighted by Crippen LogP contribution is 2.11.